The highest BCUT2D eigenvalue weighted by Crippen LogP contribution is 2.38. The average Bonchev–Trinajstić information content (AvgIpc) is 3.29. The number of quaternary nitrogens is 1. The molecule has 67 heavy (non-hydrogen) atoms. The van der Waals surface area contributed by atoms with Crippen molar-refractivity contribution in [2.45, 2.75) is 315 Å². The minimum atomic E-state index is -4.59. The number of aliphatic hydroxyl groups excluding tert-OH is 1. The summed E-state index contributed by atoms with van der Waals surface area (Å²) in [4.78, 5) is 25.4. The zero-order valence-electron chi connectivity index (χ0n) is 45.6. The Morgan fingerprint density at radius 2 is 0.806 bits per heavy atom. The number of carbonyl (C=O) groups is 1. The lowest BCUT2D eigenvalue weighted by Crippen LogP contribution is -2.45. The Balaban J connectivity index is 3.92. The Bertz CT molecular complexity index is 1100. The lowest BCUT2D eigenvalue weighted by atomic mass is 10.0. The van der Waals surface area contributed by atoms with Gasteiger partial charge in [0.2, 0.25) is 5.91 Å². The van der Waals surface area contributed by atoms with Crippen LogP contribution in [0.3, 0.4) is 0 Å². The van der Waals surface area contributed by atoms with Crippen molar-refractivity contribution in [2.75, 3.05) is 40.9 Å². The van der Waals surface area contributed by atoms with Gasteiger partial charge in [-0.2, -0.15) is 0 Å². The van der Waals surface area contributed by atoms with Gasteiger partial charge in [0.05, 0.1) is 39.9 Å². The van der Waals surface area contributed by atoms with Crippen LogP contribution in [0.4, 0.5) is 0 Å². The van der Waals surface area contributed by atoms with Crippen molar-refractivity contribution < 1.29 is 32.9 Å². The average molecular weight is 970 g/mol. The SMILES string of the molecule is CCCCCCCCCCCC/C=C/C(O)C(COP(=O)([O-])OCC[N+](C)(C)C)NC(=O)CCCCCCCCCCCCCCCCCCCCCCCCCCCCCCCCCCC. The largest absolute Gasteiger partial charge is 0.756 e. The quantitative estimate of drug-likeness (QED) is 0.0272. The number of phosphoric acid groups is 1. The van der Waals surface area contributed by atoms with E-state index < -0.39 is 20.0 Å². The second kappa shape index (κ2) is 50.2. The first-order valence-electron chi connectivity index (χ1n) is 29.6. The molecular formula is C58H117N2O6P. The van der Waals surface area contributed by atoms with Crippen LogP contribution in [0.5, 0.6) is 0 Å². The van der Waals surface area contributed by atoms with Crippen LogP contribution in [-0.2, 0) is 18.4 Å². The number of hydrogen-bond donors (Lipinski definition) is 2. The van der Waals surface area contributed by atoms with Gasteiger partial charge in [0.25, 0.3) is 7.82 Å². The van der Waals surface area contributed by atoms with E-state index >= 15 is 0 Å². The molecule has 0 saturated heterocycles. The van der Waals surface area contributed by atoms with Crippen LogP contribution in [0, 0.1) is 0 Å². The van der Waals surface area contributed by atoms with Gasteiger partial charge in [0.1, 0.15) is 13.2 Å². The second-order valence-electron chi connectivity index (χ2n) is 21.7. The smallest absolute Gasteiger partial charge is 0.268 e. The summed E-state index contributed by atoms with van der Waals surface area (Å²) < 4.78 is 23.3. The fourth-order valence-electron chi connectivity index (χ4n) is 9.10. The highest BCUT2D eigenvalue weighted by molar-refractivity contribution is 7.45. The van der Waals surface area contributed by atoms with Crippen LogP contribution < -0.4 is 10.2 Å². The topological polar surface area (TPSA) is 108 Å². The molecule has 0 aliphatic carbocycles. The number of aliphatic hydroxyl groups is 1. The zero-order valence-corrected chi connectivity index (χ0v) is 46.5. The lowest BCUT2D eigenvalue weighted by Gasteiger charge is -2.29. The molecule has 0 radical (unpaired) electrons. The predicted molar refractivity (Wildman–Crippen MR) is 289 cm³/mol. The van der Waals surface area contributed by atoms with Crippen molar-refractivity contribution >= 4 is 13.7 Å². The van der Waals surface area contributed by atoms with Gasteiger partial charge in [-0.1, -0.05) is 289 Å². The number of nitrogens with zero attached hydrogens (tertiary/aromatic N) is 1. The number of phosphoric ester groups is 1. The summed E-state index contributed by atoms with van der Waals surface area (Å²) in [6.45, 7) is 4.68. The molecule has 2 N–H and O–H groups in total. The van der Waals surface area contributed by atoms with E-state index in [1.165, 1.54) is 244 Å². The number of allylic oxidation sites excluding steroid dienone is 1. The van der Waals surface area contributed by atoms with Crippen LogP contribution in [-0.4, -0.2) is 68.5 Å². The fourth-order valence-corrected chi connectivity index (χ4v) is 9.82. The molecule has 0 rings (SSSR count). The van der Waals surface area contributed by atoms with Crippen LogP contribution in [0.15, 0.2) is 12.2 Å². The number of carbonyl (C=O) groups excluding carboxylic acids is 1. The van der Waals surface area contributed by atoms with Gasteiger partial charge < -0.3 is 28.8 Å². The van der Waals surface area contributed by atoms with Crippen LogP contribution in [0.1, 0.15) is 303 Å². The molecule has 3 unspecified atom stereocenters. The maximum Gasteiger partial charge on any atom is 0.268 e. The van der Waals surface area contributed by atoms with Crippen molar-refractivity contribution in [3.63, 3.8) is 0 Å². The molecule has 0 saturated carbocycles. The van der Waals surface area contributed by atoms with Crippen molar-refractivity contribution in [3.8, 4) is 0 Å². The number of amides is 1. The van der Waals surface area contributed by atoms with E-state index in [9.17, 15) is 19.4 Å². The summed E-state index contributed by atoms with van der Waals surface area (Å²) in [5.74, 6) is -0.192. The molecule has 1 amide bonds. The van der Waals surface area contributed by atoms with E-state index in [1.807, 2.05) is 27.2 Å². The first-order valence-corrected chi connectivity index (χ1v) is 31.0. The maximum atomic E-state index is 12.9. The Morgan fingerprint density at radius 1 is 0.507 bits per heavy atom. The van der Waals surface area contributed by atoms with E-state index in [1.54, 1.807) is 6.08 Å². The molecule has 9 heteroatoms. The Morgan fingerprint density at radius 3 is 1.12 bits per heavy atom. The standard InChI is InChI=1S/C58H117N2O6P/c1-6-8-10-12-14-16-18-20-21-22-23-24-25-26-27-28-29-30-31-32-33-34-35-36-37-38-39-40-42-44-46-48-50-52-58(62)59-56(55-66-67(63,64)65-54-53-60(3,4)5)57(61)51-49-47-45-43-41-19-17-15-13-11-9-7-2/h49,51,56-57,61H,6-48,50,52-55H2,1-5H3,(H-,59,62,63,64)/b51-49+. The molecule has 0 aromatic carbocycles. The minimum absolute atomic E-state index is 0.00233. The van der Waals surface area contributed by atoms with Gasteiger partial charge in [0, 0.05) is 6.42 Å². The van der Waals surface area contributed by atoms with Crippen molar-refractivity contribution in [1.29, 1.82) is 0 Å². The first-order chi connectivity index (χ1) is 32.5. The molecule has 400 valence electrons. The number of likely N-dealkylation sites (N-methyl/N-ethyl adjacent to an activating group) is 1. The van der Waals surface area contributed by atoms with E-state index in [2.05, 4.69) is 19.2 Å². The summed E-state index contributed by atoms with van der Waals surface area (Å²) in [6.07, 6.45) is 61.7. The molecule has 0 aliphatic heterocycles. The maximum absolute atomic E-state index is 12.9. The minimum Gasteiger partial charge on any atom is -0.756 e. The van der Waals surface area contributed by atoms with Crippen LogP contribution >= 0.6 is 7.82 Å². The third-order valence-corrected chi connectivity index (χ3v) is 14.7. The highest BCUT2D eigenvalue weighted by atomic mass is 31.2. The highest BCUT2D eigenvalue weighted by Gasteiger charge is 2.23. The fraction of sp³-hybridized carbons (Fsp3) is 0.948. The third-order valence-electron chi connectivity index (χ3n) is 13.7. The van der Waals surface area contributed by atoms with E-state index in [0.717, 1.165) is 38.5 Å². The lowest BCUT2D eigenvalue weighted by molar-refractivity contribution is -0.870. The normalized spacial score (nSPS) is 14.0. The molecule has 0 aromatic heterocycles. The monoisotopic (exact) mass is 969 g/mol. The molecule has 0 fully saturated rings. The predicted octanol–water partition coefficient (Wildman–Crippen LogP) is 17.2. The molecule has 0 spiro atoms. The van der Waals surface area contributed by atoms with Gasteiger partial charge in [0.15, 0.2) is 0 Å². The van der Waals surface area contributed by atoms with Crippen molar-refractivity contribution in [3.05, 3.63) is 12.2 Å². The zero-order chi connectivity index (χ0) is 49.2. The number of rotatable bonds is 55. The van der Waals surface area contributed by atoms with Gasteiger partial charge >= 0.3 is 0 Å². The van der Waals surface area contributed by atoms with Gasteiger partial charge in [-0.25, -0.2) is 0 Å². The van der Waals surface area contributed by atoms with E-state index in [0.29, 0.717) is 17.4 Å². The molecule has 3 atom stereocenters. The summed E-state index contributed by atoms with van der Waals surface area (Å²) in [7, 11) is 1.28. The Hall–Kier alpha value is -0.760. The van der Waals surface area contributed by atoms with Crippen LogP contribution in [0.2, 0.25) is 0 Å². The summed E-state index contributed by atoms with van der Waals surface area (Å²) in [5, 5.41) is 13.8. The van der Waals surface area contributed by atoms with Gasteiger partial charge in [-0.05, 0) is 19.3 Å². The Kier molecular flexibility index (Phi) is 49.6. The Labute approximate surface area is 418 Å². The molecule has 0 heterocycles. The number of nitrogens with one attached hydrogen (secondary N) is 1. The molecule has 0 aromatic rings. The van der Waals surface area contributed by atoms with Gasteiger partial charge in [-0.3, -0.25) is 9.36 Å². The second-order valence-corrected chi connectivity index (χ2v) is 23.1. The van der Waals surface area contributed by atoms with Crippen molar-refractivity contribution in [2.24, 2.45) is 0 Å². The molecular weight excluding hydrogens is 852 g/mol. The van der Waals surface area contributed by atoms with Crippen molar-refractivity contribution in [1.82, 2.24) is 5.32 Å². The number of unbranched alkanes of at least 4 members (excludes halogenated alkanes) is 42. The van der Waals surface area contributed by atoms with Gasteiger partial charge in [-0.15, -0.1) is 0 Å². The summed E-state index contributed by atoms with van der Waals surface area (Å²) >= 11 is 0. The summed E-state index contributed by atoms with van der Waals surface area (Å²) in [6, 6.07) is -0.881. The van der Waals surface area contributed by atoms with Crippen LogP contribution in [0.25, 0.3) is 0 Å². The molecule has 0 bridgehead atoms. The number of hydrogen-bond acceptors (Lipinski definition) is 6. The molecule has 0 aliphatic rings. The third kappa shape index (κ3) is 52.9. The van der Waals surface area contributed by atoms with E-state index in [-0.39, 0.29) is 19.1 Å². The molecule has 8 nitrogen and oxygen atoms in total. The van der Waals surface area contributed by atoms with E-state index in [4.69, 9.17) is 9.05 Å². The summed E-state index contributed by atoms with van der Waals surface area (Å²) in [5.41, 5.74) is 0. The first kappa shape index (κ1) is 66.2.